The van der Waals surface area contributed by atoms with E-state index < -0.39 is 0 Å². The van der Waals surface area contributed by atoms with Crippen molar-refractivity contribution in [3.8, 4) is 11.1 Å². The number of imidazole rings is 1. The number of nitrogens with zero attached hydrogens (tertiary/aromatic N) is 2. The zero-order chi connectivity index (χ0) is 15.0. The van der Waals surface area contributed by atoms with Gasteiger partial charge in [0.1, 0.15) is 5.82 Å². The number of hydrogen-bond donors (Lipinski definition) is 0. The van der Waals surface area contributed by atoms with E-state index in [0.29, 0.717) is 0 Å². The highest BCUT2D eigenvalue weighted by atomic mass is 15.1. The third kappa shape index (κ3) is 2.46. The standard InChI is InChI=1S/C19H22N2/c1-5-6-18-20-19-14(3)11-16(12-17(19)21(18)4)15-9-7-13(2)8-10-15/h7-12H,5-6H2,1-4H3. The van der Waals surface area contributed by atoms with Crippen molar-refractivity contribution in [2.24, 2.45) is 7.05 Å². The lowest BCUT2D eigenvalue weighted by Crippen LogP contribution is -1.96. The van der Waals surface area contributed by atoms with Crippen LogP contribution >= 0.6 is 0 Å². The van der Waals surface area contributed by atoms with Crippen molar-refractivity contribution in [1.29, 1.82) is 0 Å². The van der Waals surface area contributed by atoms with Gasteiger partial charge in [0.25, 0.3) is 0 Å². The number of aryl methyl sites for hydroxylation is 4. The lowest BCUT2D eigenvalue weighted by molar-refractivity contribution is 0.773. The molecule has 3 rings (SSSR count). The fourth-order valence-electron chi connectivity index (χ4n) is 2.87. The number of fused-ring (bicyclic) bond motifs is 1. The fraction of sp³-hybridized carbons (Fsp3) is 0.316. The van der Waals surface area contributed by atoms with Crippen LogP contribution in [0, 0.1) is 13.8 Å². The molecule has 0 radical (unpaired) electrons. The number of rotatable bonds is 3. The van der Waals surface area contributed by atoms with Gasteiger partial charge in [-0.25, -0.2) is 4.98 Å². The van der Waals surface area contributed by atoms with E-state index >= 15 is 0 Å². The highest BCUT2D eigenvalue weighted by Crippen LogP contribution is 2.28. The summed E-state index contributed by atoms with van der Waals surface area (Å²) in [6, 6.07) is 13.2. The molecular formula is C19H22N2. The van der Waals surface area contributed by atoms with Crippen molar-refractivity contribution >= 4 is 11.0 Å². The molecule has 1 heterocycles. The third-order valence-electron chi connectivity index (χ3n) is 4.13. The van der Waals surface area contributed by atoms with Crippen LogP contribution in [0.2, 0.25) is 0 Å². The lowest BCUT2D eigenvalue weighted by Gasteiger charge is -2.06. The van der Waals surface area contributed by atoms with Crippen molar-refractivity contribution < 1.29 is 0 Å². The molecule has 0 bridgehead atoms. The summed E-state index contributed by atoms with van der Waals surface area (Å²) >= 11 is 0. The second-order valence-electron chi connectivity index (χ2n) is 5.86. The van der Waals surface area contributed by atoms with Gasteiger partial charge in [-0.1, -0.05) is 36.8 Å². The Kier molecular flexibility index (Phi) is 3.54. The Morgan fingerprint density at radius 1 is 1.00 bits per heavy atom. The summed E-state index contributed by atoms with van der Waals surface area (Å²) in [6.45, 7) is 6.48. The summed E-state index contributed by atoms with van der Waals surface area (Å²) in [5.41, 5.74) is 7.45. The highest BCUT2D eigenvalue weighted by molar-refractivity contribution is 5.85. The van der Waals surface area contributed by atoms with Crippen LogP contribution in [0.4, 0.5) is 0 Å². The van der Waals surface area contributed by atoms with Gasteiger partial charge in [-0.3, -0.25) is 0 Å². The van der Waals surface area contributed by atoms with Gasteiger partial charge in [-0.05, 0) is 49.1 Å². The van der Waals surface area contributed by atoms with E-state index in [-0.39, 0.29) is 0 Å². The molecule has 0 saturated carbocycles. The van der Waals surface area contributed by atoms with Gasteiger partial charge in [-0.15, -0.1) is 0 Å². The molecule has 2 heteroatoms. The summed E-state index contributed by atoms with van der Waals surface area (Å²) in [5, 5.41) is 0. The second kappa shape index (κ2) is 5.36. The summed E-state index contributed by atoms with van der Waals surface area (Å²) in [6.07, 6.45) is 2.16. The molecule has 0 aliphatic carbocycles. The number of aromatic nitrogens is 2. The van der Waals surface area contributed by atoms with Crippen LogP contribution in [-0.2, 0) is 13.5 Å². The minimum absolute atomic E-state index is 1.03. The summed E-state index contributed by atoms with van der Waals surface area (Å²) < 4.78 is 2.24. The lowest BCUT2D eigenvalue weighted by atomic mass is 10.0. The van der Waals surface area contributed by atoms with Crippen LogP contribution in [0.15, 0.2) is 36.4 Å². The van der Waals surface area contributed by atoms with E-state index in [4.69, 9.17) is 4.98 Å². The molecule has 1 aromatic heterocycles. The largest absolute Gasteiger partial charge is 0.331 e. The average Bonchev–Trinajstić information content (AvgIpc) is 2.78. The normalized spacial score (nSPS) is 11.2. The van der Waals surface area contributed by atoms with Crippen LogP contribution in [0.1, 0.15) is 30.3 Å². The monoisotopic (exact) mass is 278 g/mol. The first-order valence-electron chi connectivity index (χ1n) is 7.63. The van der Waals surface area contributed by atoms with Crippen molar-refractivity contribution in [3.63, 3.8) is 0 Å². The summed E-state index contributed by atoms with van der Waals surface area (Å²) in [7, 11) is 2.12. The van der Waals surface area contributed by atoms with Crippen LogP contribution < -0.4 is 0 Å². The topological polar surface area (TPSA) is 17.8 Å². The number of benzene rings is 2. The molecule has 0 spiro atoms. The van der Waals surface area contributed by atoms with Gasteiger partial charge < -0.3 is 4.57 Å². The van der Waals surface area contributed by atoms with E-state index in [1.165, 1.54) is 33.6 Å². The Balaban J connectivity index is 2.17. The molecule has 0 amide bonds. The summed E-state index contributed by atoms with van der Waals surface area (Å²) in [5.74, 6) is 1.18. The van der Waals surface area contributed by atoms with Gasteiger partial charge >= 0.3 is 0 Å². The molecule has 0 atom stereocenters. The molecule has 2 nitrogen and oxygen atoms in total. The zero-order valence-corrected chi connectivity index (χ0v) is 13.3. The predicted octanol–water partition coefficient (Wildman–Crippen LogP) is 4.81. The minimum atomic E-state index is 1.03. The fourth-order valence-corrected chi connectivity index (χ4v) is 2.87. The maximum absolute atomic E-state index is 4.81. The van der Waals surface area contributed by atoms with Crippen molar-refractivity contribution in [2.75, 3.05) is 0 Å². The maximum atomic E-state index is 4.81. The van der Waals surface area contributed by atoms with E-state index in [1.54, 1.807) is 0 Å². The molecule has 0 aliphatic rings. The van der Waals surface area contributed by atoms with E-state index in [1.807, 2.05) is 0 Å². The molecule has 108 valence electrons. The van der Waals surface area contributed by atoms with E-state index in [0.717, 1.165) is 18.4 Å². The van der Waals surface area contributed by atoms with Gasteiger partial charge in [0, 0.05) is 13.5 Å². The highest BCUT2D eigenvalue weighted by Gasteiger charge is 2.11. The Bertz CT molecular complexity index is 779. The second-order valence-corrected chi connectivity index (χ2v) is 5.86. The Morgan fingerprint density at radius 2 is 1.71 bits per heavy atom. The Labute approximate surface area is 126 Å². The molecule has 0 unspecified atom stereocenters. The van der Waals surface area contributed by atoms with Crippen molar-refractivity contribution in [3.05, 3.63) is 53.3 Å². The van der Waals surface area contributed by atoms with Crippen molar-refractivity contribution in [2.45, 2.75) is 33.6 Å². The third-order valence-corrected chi connectivity index (χ3v) is 4.13. The Hall–Kier alpha value is -2.09. The van der Waals surface area contributed by atoms with Gasteiger partial charge in [-0.2, -0.15) is 0 Å². The van der Waals surface area contributed by atoms with Crippen molar-refractivity contribution in [1.82, 2.24) is 9.55 Å². The van der Waals surface area contributed by atoms with E-state index in [2.05, 4.69) is 68.8 Å². The predicted molar refractivity (Wildman–Crippen MR) is 89.6 cm³/mol. The molecule has 3 aromatic rings. The van der Waals surface area contributed by atoms with Gasteiger partial charge in [0.15, 0.2) is 0 Å². The first-order chi connectivity index (χ1) is 10.1. The molecule has 2 aromatic carbocycles. The number of hydrogen-bond acceptors (Lipinski definition) is 1. The molecule has 0 saturated heterocycles. The van der Waals surface area contributed by atoms with Gasteiger partial charge in [0.05, 0.1) is 11.0 Å². The molecular weight excluding hydrogens is 256 g/mol. The Morgan fingerprint density at radius 3 is 2.38 bits per heavy atom. The summed E-state index contributed by atoms with van der Waals surface area (Å²) in [4.78, 5) is 4.81. The smallest absolute Gasteiger partial charge is 0.109 e. The van der Waals surface area contributed by atoms with Crippen LogP contribution in [0.25, 0.3) is 22.2 Å². The first kappa shape index (κ1) is 13.9. The zero-order valence-electron chi connectivity index (χ0n) is 13.3. The molecule has 0 aliphatic heterocycles. The molecule has 21 heavy (non-hydrogen) atoms. The van der Waals surface area contributed by atoms with E-state index in [9.17, 15) is 0 Å². The average molecular weight is 278 g/mol. The van der Waals surface area contributed by atoms with Crippen LogP contribution in [0.3, 0.4) is 0 Å². The maximum Gasteiger partial charge on any atom is 0.109 e. The van der Waals surface area contributed by atoms with Crippen LogP contribution in [-0.4, -0.2) is 9.55 Å². The molecule has 0 fully saturated rings. The minimum Gasteiger partial charge on any atom is -0.331 e. The van der Waals surface area contributed by atoms with Gasteiger partial charge in [0.2, 0.25) is 0 Å². The SMILES string of the molecule is CCCc1nc2c(C)cc(-c3ccc(C)cc3)cc2n1C. The quantitative estimate of drug-likeness (QED) is 0.672. The molecule has 0 N–H and O–H groups in total. The first-order valence-corrected chi connectivity index (χ1v) is 7.63. The van der Waals surface area contributed by atoms with Crippen LogP contribution in [0.5, 0.6) is 0 Å².